The van der Waals surface area contributed by atoms with Gasteiger partial charge in [-0.3, -0.25) is 4.79 Å². The van der Waals surface area contributed by atoms with Crippen LogP contribution in [0.3, 0.4) is 0 Å². The van der Waals surface area contributed by atoms with Crippen molar-refractivity contribution >= 4 is 5.91 Å². The van der Waals surface area contributed by atoms with Gasteiger partial charge in [0, 0.05) is 12.5 Å². The second-order valence-corrected chi connectivity index (χ2v) is 4.87. The van der Waals surface area contributed by atoms with E-state index in [4.69, 9.17) is 4.74 Å². The predicted molar refractivity (Wildman–Crippen MR) is 73.9 cm³/mol. The first-order chi connectivity index (χ1) is 8.52. The third-order valence-electron chi connectivity index (χ3n) is 2.85. The molecule has 1 N–H and O–H groups in total. The first-order valence-electron chi connectivity index (χ1n) is 6.46. The summed E-state index contributed by atoms with van der Waals surface area (Å²) in [6.07, 6.45) is 2.40. The third kappa shape index (κ3) is 4.78. The number of hydrogen-bond donors (Lipinski definition) is 1. The second-order valence-electron chi connectivity index (χ2n) is 4.87. The van der Waals surface area contributed by atoms with E-state index in [1.54, 1.807) is 7.11 Å². The Labute approximate surface area is 110 Å². The van der Waals surface area contributed by atoms with E-state index in [0.29, 0.717) is 6.42 Å². The molecule has 0 fully saturated rings. The van der Waals surface area contributed by atoms with Crippen LogP contribution in [-0.2, 0) is 11.2 Å². The SMILES string of the molecule is COc1ccc(CCCC(=O)NC(C)C)c(C)c1. The predicted octanol–water partition coefficient (Wildman–Crippen LogP) is 2.85. The molecular weight excluding hydrogens is 226 g/mol. The number of amides is 1. The van der Waals surface area contributed by atoms with Crippen LogP contribution in [0.4, 0.5) is 0 Å². The van der Waals surface area contributed by atoms with E-state index in [1.165, 1.54) is 11.1 Å². The molecule has 3 nitrogen and oxygen atoms in total. The second kappa shape index (κ2) is 7.04. The molecule has 0 spiro atoms. The molecule has 0 atom stereocenters. The minimum atomic E-state index is 0.135. The Morgan fingerprint density at radius 3 is 2.67 bits per heavy atom. The molecule has 18 heavy (non-hydrogen) atoms. The van der Waals surface area contributed by atoms with Crippen molar-refractivity contribution in [1.82, 2.24) is 5.32 Å². The fraction of sp³-hybridized carbons (Fsp3) is 0.533. The highest BCUT2D eigenvalue weighted by Gasteiger charge is 2.05. The van der Waals surface area contributed by atoms with Gasteiger partial charge in [0.05, 0.1) is 7.11 Å². The maximum absolute atomic E-state index is 11.5. The average Bonchev–Trinajstić information content (AvgIpc) is 2.30. The zero-order valence-electron chi connectivity index (χ0n) is 11.7. The fourth-order valence-corrected chi connectivity index (χ4v) is 1.91. The van der Waals surface area contributed by atoms with E-state index < -0.39 is 0 Å². The standard InChI is InChI=1S/C15H23NO2/c1-11(2)16-15(17)7-5-6-13-8-9-14(18-4)10-12(13)3/h8-11H,5-7H2,1-4H3,(H,16,17). The molecule has 0 saturated heterocycles. The van der Waals surface area contributed by atoms with Crippen molar-refractivity contribution < 1.29 is 9.53 Å². The first-order valence-corrected chi connectivity index (χ1v) is 6.46. The normalized spacial score (nSPS) is 10.5. The molecule has 1 aromatic rings. The van der Waals surface area contributed by atoms with Crippen molar-refractivity contribution in [1.29, 1.82) is 0 Å². The number of rotatable bonds is 6. The lowest BCUT2D eigenvalue weighted by atomic mass is 10.0. The summed E-state index contributed by atoms with van der Waals surface area (Å²) >= 11 is 0. The number of ether oxygens (including phenoxy) is 1. The largest absolute Gasteiger partial charge is 0.497 e. The Balaban J connectivity index is 2.42. The zero-order chi connectivity index (χ0) is 13.5. The number of aryl methyl sites for hydroxylation is 2. The highest BCUT2D eigenvalue weighted by Crippen LogP contribution is 2.18. The average molecular weight is 249 g/mol. The minimum Gasteiger partial charge on any atom is -0.497 e. The summed E-state index contributed by atoms with van der Waals surface area (Å²) in [4.78, 5) is 11.5. The highest BCUT2D eigenvalue weighted by molar-refractivity contribution is 5.76. The van der Waals surface area contributed by atoms with Gasteiger partial charge < -0.3 is 10.1 Å². The van der Waals surface area contributed by atoms with Gasteiger partial charge in [-0.15, -0.1) is 0 Å². The van der Waals surface area contributed by atoms with Gasteiger partial charge in [-0.05, 0) is 56.9 Å². The van der Waals surface area contributed by atoms with E-state index in [-0.39, 0.29) is 11.9 Å². The van der Waals surface area contributed by atoms with Crippen LogP contribution in [0.15, 0.2) is 18.2 Å². The number of nitrogens with one attached hydrogen (secondary N) is 1. The smallest absolute Gasteiger partial charge is 0.220 e. The molecule has 100 valence electrons. The van der Waals surface area contributed by atoms with Gasteiger partial charge in [-0.25, -0.2) is 0 Å². The molecular formula is C15H23NO2. The lowest BCUT2D eigenvalue weighted by molar-refractivity contribution is -0.121. The van der Waals surface area contributed by atoms with E-state index in [1.807, 2.05) is 26.0 Å². The van der Waals surface area contributed by atoms with E-state index in [0.717, 1.165) is 18.6 Å². The van der Waals surface area contributed by atoms with Gasteiger partial charge in [0.2, 0.25) is 5.91 Å². The summed E-state index contributed by atoms with van der Waals surface area (Å²) in [7, 11) is 1.67. The first kappa shape index (κ1) is 14.6. The van der Waals surface area contributed by atoms with Gasteiger partial charge in [0.1, 0.15) is 5.75 Å². The van der Waals surface area contributed by atoms with Crippen LogP contribution in [0.25, 0.3) is 0 Å². The molecule has 1 aromatic carbocycles. The molecule has 0 aliphatic heterocycles. The highest BCUT2D eigenvalue weighted by atomic mass is 16.5. The lowest BCUT2D eigenvalue weighted by Crippen LogP contribution is -2.29. The van der Waals surface area contributed by atoms with Crippen LogP contribution >= 0.6 is 0 Å². The maximum atomic E-state index is 11.5. The van der Waals surface area contributed by atoms with Crippen molar-refractivity contribution in [2.45, 2.75) is 46.1 Å². The number of benzene rings is 1. The molecule has 0 saturated carbocycles. The van der Waals surface area contributed by atoms with Crippen LogP contribution < -0.4 is 10.1 Å². The molecule has 0 unspecified atom stereocenters. The minimum absolute atomic E-state index is 0.135. The summed E-state index contributed by atoms with van der Waals surface area (Å²) in [5, 5.41) is 2.90. The number of carbonyl (C=O) groups is 1. The number of hydrogen-bond acceptors (Lipinski definition) is 2. The molecule has 1 amide bonds. The molecule has 3 heteroatoms. The van der Waals surface area contributed by atoms with Gasteiger partial charge in [-0.1, -0.05) is 6.07 Å². The van der Waals surface area contributed by atoms with Crippen molar-refractivity contribution in [3.63, 3.8) is 0 Å². The summed E-state index contributed by atoms with van der Waals surface area (Å²) in [6.45, 7) is 6.03. The monoisotopic (exact) mass is 249 g/mol. The molecule has 0 aromatic heterocycles. The van der Waals surface area contributed by atoms with E-state index in [2.05, 4.69) is 18.3 Å². The van der Waals surface area contributed by atoms with Crippen LogP contribution in [0.2, 0.25) is 0 Å². The van der Waals surface area contributed by atoms with E-state index >= 15 is 0 Å². The zero-order valence-corrected chi connectivity index (χ0v) is 11.7. The Hall–Kier alpha value is -1.51. The van der Waals surface area contributed by atoms with Crippen LogP contribution in [0.1, 0.15) is 37.8 Å². The quantitative estimate of drug-likeness (QED) is 0.842. The fourth-order valence-electron chi connectivity index (χ4n) is 1.91. The summed E-state index contributed by atoms with van der Waals surface area (Å²) in [6, 6.07) is 6.30. The Morgan fingerprint density at radius 1 is 1.39 bits per heavy atom. The van der Waals surface area contributed by atoms with Crippen LogP contribution in [0, 0.1) is 6.92 Å². The topological polar surface area (TPSA) is 38.3 Å². The van der Waals surface area contributed by atoms with Crippen molar-refractivity contribution in [2.75, 3.05) is 7.11 Å². The summed E-state index contributed by atoms with van der Waals surface area (Å²) in [5.41, 5.74) is 2.51. The number of carbonyl (C=O) groups excluding carboxylic acids is 1. The molecule has 0 heterocycles. The van der Waals surface area contributed by atoms with Crippen molar-refractivity contribution in [2.24, 2.45) is 0 Å². The lowest BCUT2D eigenvalue weighted by Gasteiger charge is -2.10. The van der Waals surface area contributed by atoms with Gasteiger partial charge >= 0.3 is 0 Å². The Kier molecular flexibility index (Phi) is 5.69. The third-order valence-corrected chi connectivity index (χ3v) is 2.85. The Morgan fingerprint density at radius 2 is 2.11 bits per heavy atom. The van der Waals surface area contributed by atoms with Crippen LogP contribution in [-0.4, -0.2) is 19.1 Å². The van der Waals surface area contributed by atoms with Gasteiger partial charge in [-0.2, -0.15) is 0 Å². The van der Waals surface area contributed by atoms with Gasteiger partial charge in [0.25, 0.3) is 0 Å². The molecule has 0 aliphatic rings. The van der Waals surface area contributed by atoms with Crippen LogP contribution in [0.5, 0.6) is 5.75 Å². The summed E-state index contributed by atoms with van der Waals surface area (Å²) < 4.78 is 5.17. The Bertz CT molecular complexity index is 399. The van der Waals surface area contributed by atoms with E-state index in [9.17, 15) is 4.79 Å². The maximum Gasteiger partial charge on any atom is 0.220 e. The number of methoxy groups -OCH3 is 1. The van der Waals surface area contributed by atoms with Gasteiger partial charge in [0.15, 0.2) is 0 Å². The summed E-state index contributed by atoms with van der Waals surface area (Å²) in [5.74, 6) is 1.02. The molecule has 1 rings (SSSR count). The molecule has 0 radical (unpaired) electrons. The molecule has 0 aliphatic carbocycles. The van der Waals surface area contributed by atoms with Crippen molar-refractivity contribution in [3.05, 3.63) is 29.3 Å². The van der Waals surface area contributed by atoms with Crippen molar-refractivity contribution in [3.8, 4) is 5.75 Å². The molecule has 0 bridgehead atoms.